The lowest BCUT2D eigenvalue weighted by Crippen LogP contribution is -2.50. The summed E-state index contributed by atoms with van der Waals surface area (Å²) in [7, 11) is 3.36. The highest BCUT2D eigenvalue weighted by molar-refractivity contribution is 6.15. The molecule has 4 fully saturated rings. The van der Waals surface area contributed by atoms with E-state index in [4.69, 9.17) is 33.9 Å². The predicted molar refractivity (Wildman–Crippen MR) is 226 cm³/mol. The summed E-state index contributed by atoms with van der Waals surface area (Å²) < 4.78 is 24.6. The number of imidazole rings is 1. The van der Waals surface area contributed by atoms with E-state index in [2.05, 4.69) is 80.3 Å². The Hall–Kier alpha value is -3.99. The maximum absolute atomic E-state index is 6.80. The summed E-state index contributed by atoms with van der Waals surface area (Å²) in [6, 6.07) is 13.3. The fourth-order valence-corrected chi connectivity index (χ4v) is 10.3. The van der Waals surface area contributed by atoms with Crippen molar-refractivity contribution in [3.05, 3.63) is 77.0 Å². The van der Waals surface area contributed by atoms with Crippen LogP contribution in [-0.4, -0.2) is 78.1 Å². The molecule has 0 spiro atoms. The maximum Gasteiger partial charge on any atom is 0.163 e. The van der Waals surface area contributed by atoms with Crippen molar-refractivity contribution in [1.29, 1.82) is 0 Å². The molecule has 3 aliphatic heterocycles. The second-order valence-electron chi connectivity index (χ2n) is 19.1. The number of fused-ring (bicyclic) bond motifs is 3. The van der Waals surface area contributed by atoms with Gasteiger partial charge in [-0.15, -0.1) is 0 Å². The number of rotatable bonds is 14. The minimum atomic E-state index is -0.609. The van der Waals surface area contributed by atoms with E-state index in [0.717, 1.165) is 82.2 Å². The van der Waals surface area contributed by atoms with Crippen molar-refractivity contribution in [3.63, 3.8) is 0 Å². The minimum absolute atomic E-state index is 0.00653. The molecule has 10 nitrogen and oxygen atoms in total. The van der Waals surface area contributed by atoms with Crippen molar-refractivity contribution in [2.45, 2.75) is 122 Å². The molecule has 2 N–H and O–H groups in total. The molecule has 3 aliphatic carbocycles. The lowest BCUT2D eigenvalue weighted by Gasteiger charge is -2.46. The lowest BCUT2D eigenvalue weighted by atomic mass is 9.75. The minimum Gasteiger partial charge on any atom is -0.497 e. The van der Waals surface area contributed by atoms with Gasteiger partial charge < -0.3 is 29.2 Å². The summed E-state index contributed by atoms with van der Waals surface area (Å²) >= 11 is 0. The van der Waals surface area contributed by atoms with Gasteiger partial charge in [-0.05, 0) is 106 Å². The molecule has 10 heteroatoms. The van der Waals surface area contributed by atoms with Crippen LogP contribution in [0.1, 0.15) is 96.5 Å². The van der Waals surface area contributed by atoms with E-state index in [-0.39, 0.29) is 29.5 Å². The van der Waals surface area contributed by atoms with Crippen LogP contribution in [0.5, 0.6) is 11.5 Å². The summed E-state index contributed by atoms with van der Waals surface area (Å²) in [5.74, 6) is 5.18. The van der Waals surface area contributed by atoms with Crippen LogP contribution >= 0.6 is 0 Å². The Bertz CT molecular complexity index is 2080. The summed E-state index contributed by atoms with van der Waals surface area (Å²) in [4.78, 5) is 21.5. The normalized spacial score (nSPS) is 29.1. The monoisotopic (exact) mass is 774 g/mol. The molecule has 0 bridgehead atoms. The second-order valence-corrected chi connectivity index (χ2v) is 19.1. The number of nitrogens with one attached hydrogen (secondary N) is 2. The third-order valence-electron chi connectivity index (χ3n) is 13.8. The summed E-state index contributed by atoms with van der Waals surface area (Å²) in [6.07, 6.45) is 16.1. The number of benzene rings is 2. The molecule has 9 rings (SSSR count). The predicted octanol–water partition coefficient (Wildman–Crippen LogP) is 8.52. The quantitative estimate of drug-likeness (QED) is 0.169. The van der Waals surface area contributed by atoms with E-state index in [1.54, 1.807) is 14.2 Å². The molecule has 2 aromatic carbocycles. The first kappa shape index (κ1) is 38.5. The SMILES string of the molecule is COc1ccc(CNC2=C3C=CN=C3C([C@H]3C[C@H](CN(CC4CCC4)C4CC(CCc5nc6cc(C(C)(C)C)ccc6[nH]5)C4)[C@H]4OC(C)(C)O[C@H]43)C=N2)c(OC)c1. The van der Waals surface area contributed by atoms with Crippen molar-refractivity contribution < 1.29 is 18.9 Å². The molecule has 4 heterocycles. The number of aromatic nitrogens is 2. The number of allylic oxidation sites excluding steroid dienone is 2. The van der Waals surface area contributed by atoms with Crippen LogP contribution in [0.3, 0.4) is 0 Å². The number of hydrogen-bond acceptors (Lipinski definition) is 9. The highest BCUT2D eigenvalue weighted by atomic mass is 16.8. The molecule has 1 aromatic heterocycles. The van der Waals surface area contributed by atoms with Gasteiger partial charge in [0.2, 0.25) is 0 Å². The average Bonchev–Trinajstić information content (AvgIpc) is 3.93. The number of aryl methyl sites for hydroxylation is 1. The summed E-state index contributed by atoms with van der Waals surface area (Å²) in [5.41, 5.74) is 6.89. The number of H-pyrrole nitrogens is 1. The molecule has 3 aromatic rings. The summed E-state index contributed by atoms with van der Waals surface area (Å²) in [6.45, 7) is 13.8. The van der Waals surface area contributed by atoms with Crippen molar-refractivity contribution in [3.8, 4) is 11.5 Å². The van der Waals surface area contributed by atoms with Crippen molar-refractivity contribution >= 4 is 23.0 Å². The molecule has 304 valence electrons. The number of aliphatic imine (C=N–C) groups is 2. The van der Waals surface area contributed by atoms with Crippen molar-refractivity contribution in [2.24, 2.45) is 39.6 Å². The first-order chi connectivity index (χ1) is 27.4. The molecular formula is C47H62N6O4. The van der Waals surface area contributed by atoms with E-state index in [1.807, 2.05) is 24.4 Å². The zero-order chi connectivity index (χ0) is 39.5. The highest BCUT2D eigenvalue weighted by Crippen LogP contribution is 2.50. The van der Waals surface area contributed by atoms with Crippen LogP contribution in [0.2, 0.25) is 0 Å². The topological polar surface area (TPSA) is 106 Å². The van der Waals surface area contributed by atoms with E-state index >= 15 is 0 Å². The Balaban J connectivity index is 0.858. The number of nitrogens with zero attached hydrogens (tertiary/aromatic N) is 4. The fourth-order valence-electron chi connectivity index (χ4n) is 10.3. The standard InChI is InChI=1S/C47H62N6O4/c1-46(2,3)32-13-15-38-39(22-32)52-41(51-38)16-11-29-19-33(20-29)53(26-28-9-8-10-28)27-31-21-36(44-43(31)56-47(4,5)57-44)37-25-50-45(35-17-18-48-42(35)37)49-24-30-12-14-34(54-6)23-40(30)55-7/h12-15,17-18,22-23,25,28-29,31,33,36-37,43-44,49H,8-11,16,19-21,24,26-27H2,1-7H3,(H,51,52)/t29?,31-,33?,36-,37?,43-,44+/m1/s1. The highest BCUT2D eigenvalue weighted by Gasteiger charge is 2.57. The molecule has 1 saturated heterocycles. The van der Waals surface area contributed by atoms with Crippen LogP contribution in [0.25, 0.3) is 11.0 Å². The van der Waals surface area contributed by atoms with Gasteiger partial charge in [0.1, 0.15) is 23.1 Å². The number of ether oxygens (including phenoxy) is 4. The Morgan fingerprint density at radius 1 is 0.965 bits per heavy atom. The molecule has 6 aliphatic rings. The Morgan fingerprint density at radius 3 is 2.54 bits per heavy atom. The number of methoxy groups -OCH3 is 2. The first-order valence-electron chi connectivity index (χ1n) is 21.5. The average molecular weight is 775 g/mol. The van der Waals surface area contributed by atoms with Crippen LogP contribution in [-0.2, 0) is 27.9 Å². The Morgan fingerprint density at radius 2 is 1.79 bits per heavy atom. The lowest BCUT2D eigenvalue weighted by molar-refractivity contribution is -0.163. The molecule has 57 heavy (non-hydrogen) atoms. The van der Waals surface area contributed by atoms with E-state index in [1.165, 1.54) is 50.6 Å². The third kappa shape index (κ3) is 7.82. The van der Waals surface area contributed by atoms with Gasteiger partial charge in [-0.1, -0.05) is 33.3 Å². The molecular weight excluding hydrogens is 713 g/mol. The Labute approximate surface area is 338 Å². The van der Waals surface area contributed by atoms with Crippen molar-refractivity contribution in [2.75, 3.05) is 27.3 Å². The van der Waals surface area contributed by atoms with E-state index in [9.17, 15) is 0 Å². The van der Waals surface area contributed by atoms with Crippen LogP contribution in [0.4, 0.5) is 0 Å². The molecule has 0 amide bonds. The van der Waals surface area contributed by atoms with Gasteiger partial charge in [-0.25, -0.2) is 9.98 Å². The summed E-state index contributed by atoms with van der Waals surface area (Å²) in [5, 5.41) is 3.58. The van der Waals surface area contributed by atoms with Gasteiger partial charge in [0.05, 0.1) is 43.2 Å². The zero-order valence-electron chi connectivity index (χ0n) is 35.0. The maximum atomic E-state index is 6.80. The van der Waals surface area contributed by atoms with Gasteiger partial charge in [0, 0.05) is 79.5 Å². The molecule has 3 saturated carbocycles. The van der Waals surface area contributed by atoms with Gasteiger partial charge >= 0.3 is 0 Å². The smallest absolute Gasteiger partial charge is 0.163 e. The number of aromatic amines is 1. The van der Waals surface area contributed by atoms with Gasteiger partial charge in [0.25, 0.3) is 0 Å². The van der Waals surface area contributed by atoms with E-state index < -0.39 is 5.79 Å². The first-order valence-corrected chi connectivity index (χ1v) is 21.5. The van der Waals surface area contributed by atoms with Crippen LogP contribution in [0.15, 0.2) is 70.1 Å². The second kappa shape index (κ2) is 15.3. The number of hydrogen-bond donors (Lipinski definition) is 2. The van der Waals surface area contributed by atoms with Crippen LogP contribution in [0, 0.1) is 29.6 Å². The zero-order valence-corrected chi connectivity index (χ0v) is 35.0. The molecule has 0 radical (unpaired) electrons. The molecule has 5 atom stereocenters. The van der Waals surface area contributed by atoms with Gasteiger partial charge in [-0.3, -0.25) is 9.89 Å². The third-order valence-corrected chi connectivity index (χ3v) is 13.8. The van der Waals surface area contributed by atoms with Gasteiger partial charge in [-0.2, -0.15) is 0 Å². The van der Waals surface area contributed by atoms with Crippen LogP contribution < -0.4 is 14.8 Å². The fraction of sp³-hybridized carbons (Fsp3) is 0.596. The Kier molecular flexibility index (Phi) is 10.3. The molecule has 1 unspecified atom stereocenters. The van der Waals surface area contributed by atoms with Crippen molar-refractivity contribution in [1.82, 2.24) is 20.2 Å². The largest absolute Gasteiger partial charge is 0.497 e. The van der Waals surface area contributed by atoms with Gasteiger partial charge in [0.15, 0.2) is 5.79 Å². The van der Waals surface area contributed by atoms with E-state index in [0.29, 0.717) is 18.5 Å².